The third-order valence-electron chi connectivity index (χ3n) is 9.23. The molecule has 6 rings (SSSR count). The van der Waals surface area contributed by atoms with Gasteiger partial charge in [0.15, 0.2) is 23.2 Å². The largest absolute Gasteiger partial charge is 0.470 e. The molecule has 1 amide bonds. The predicted octanol–water partition coefficient (Wildman–Crippen LogP) is 1.58. The van der Waals surface area contributed by atoms with Gasteiger partial charge in [-0.05, 0) is 43.2 Å². The lowest BCUT2D eigenvalue weighted by Crippen LogP contribution is -2.36. The summed E-state index contributed by atoms with van der Waals surface area (Å²) >= 11 is 0. The lowest BCUT2D eigenvalue weighted by Gasteiger charge is -2.23. The Bertz CT molecular complexity index is 2240. The fourth-order valence-corrected chi connectivity index (χ4v) is 7.57. The molecular weight excluding hydrogens is 774 g/mol. The van der Waals surface area contributed by atoms with Crippen LogP contribution in [0.5, 0.6) is 0 Å². The van der Waals surface area contributed by atoms with E-state index in [1.807, 2.05) is 36.4 Å². The molecule has 0 radical (unpaired) electrons. The number of hydrogen-bond acceptors (Lipinski definition) is 14. The van der Waals surface area contributed by atoms with Gasteiger partial charge in [0.2, 0.25) is 22.9 Å². The summed E-state index contributed by atoms with van der Waals surface area (Å²) in [7, 11) is -10.2. The molecule has 1 aliphatic rings. The number of amides is 1. The van der Waals surface area contributed by atoms with Gasteiger partial charge in [0.1, 0.15) is 31.2 Å². The number of ether oxygens (including phenoxy) is 1. The van der Waals surface area contributed by atoms with Crippen molar-refractivity contribution in [3.05, 3.63) is 48.8 Å². The highest BCUT2D eigenvalue weighted by Crippen LogP contribution is 2.47. The molecule has 23 heteroatoms. The molecule has 21 nitrogen and oxygen atoms in total. The van der Waals surface area contributed by atoms with Crippen molar-refractivity contribution in [2.45, 2.75) is 69.6 Å². The van der Waals surface area contributed by atoms with Crippen LogP contribution in [0.2, 0.25) is 0 Å². The third kappa shape index (κ3) is 10.1. The first-order chi connectivity index (χ1) is 26.6. The minimum absolute atomic E-state index is 0.0117. The fraction of sp³-hybridized carbons (Fsp3) is 0.424. The zero-order chi connectivity index (χ0) is 40.2. The quantitative estimate of drug-likeness (QED) is 0.0197. The van der Waals surface area contributed by atoms with Gasteiger partial charge in [-0.15, -0.1) is 0 Å². The maximum Gasteiger partial charge on any atom is 0.470 e. The smallest absolute Gasteiger partial charge is 0.399 e. The molecule has 1 saturated heterocycles. The maximum atomic E-state index is 12.7. The highest BCUT2D eigenvalue weighted by molar-refractivity contribution is 7.46. The van der Waals surface area contributed by atoms with Gasteiger partial charge in [-0.3, -0.25) is 18.4 Å². The van der Waals surface area contributed by atoms with Gasteiger partial charge in [0.05, 0.1) is 6.61 Å². The normalized spacial score (nSPS) is 18.9. The maximum absolute atomic E-state index is 12.7. The van der Waals surface area contributed by atoms with Crippen LogP contribution < -0.4 is 32.4 Å². The molecule has 13 N–H and O–H groups in total. The van der Waals surface area contributed by atoms with Crippen molar-refractivity contribution >= 4 is 77.7 Å². The van der Waals surface area contributed by atoms with Gasteiger partial charge < -0.3 is 57.3 Å². The van der Waals surface area contributed by atoms with Gasteiger partial charge in [0, 0.05) is 60.2 Å². The van der Waals surface area contributed by atoms with Crippen molar-refractivity contribution < 1.29 is 57.0 Å². The molecule has 4 heterocycles. The molecule has 0 aliphatic carbocycles. The lowest BCUT2D eigenvalue weighted by atomic mass is 10.1. The van der Waals surface area contributed by atoms with E-state index in [2.05, 4.69) is 40.7 Å². The number of carbonyl (C=O) groups is 1. The zero-order valence-corrected chi connectivity index (χ0v) is 31.8. The van der Waals surface area contributed by atoms with Crippen LogP contribution in [-0.4, -0.2) is 88.1 Å². The average Bonchev–Trinajstić information content (AvgIpc) is 3.64. The minimum atomic E-state index is -5.22. The van der Waals surface area contributed by atoms with Crippen LogP contribution in [0.25, 0.3) is 33.0 Å². The van der Waals surface area contributed by atoms with E-state index >= 15 is 0 Å². The van der Waals surface area contributed by atoms with E-state index in [1.54, 1.807) is 0 Å². The summed E-state index contributed by atoms with van der Waals surface area (Å²) in [5, 5.41) is 19.0. The number of fused-ring (bicyclic) bond motifs is 3. The number of aliphatic hydroxyl groups is 1. The molecule has 0 saturated carbocycles. The van der Waals surface area contributed by atoms with Crippen molar-refractivity contribution in [3.63, 3.8) is 0 Å². The number of nitrogens with two attached hydrogens (primary N) is 3. The number of phosphoric ester groups is 2. The number of unbranched alkanes of at least 4 members (excludes halogenated alkanes) is 3. The van der Waals surface area contributed by atoms with Crippen molar-refractivity contribution in [2.24, 2.45) is 0 Å². The SMILES string of the molecule is Nc1ccc2cc3ccc(N)cc3[n+](CCCC(=O)NCCCCCCNc3nc4c(N)ncnc4n3[C@@H]3O[C@H](COP(=O)(O)O)[C@@H](O)[C@H]3OP(=O)(O)O)c2c1. The van der Waals surface area contributed by atoms with Gasteiger partial charge in [-0.25, -0.2) is 24.1 Å². The van der Waals surface area contributed by atoms with Gasteiger partial charge in [-0.2, -0.15) is 4.57 Å². The monoisotopic (exact) mass is 819 g/mol. The number of aliphatic hydroxyl groups excluding tert-OH is 1. The van der Waals surface area contributed by atoms with E-state index in [1.165, 1.54) is 4.57 Å². The highest BCUT2D eigenvalue weighted by atomic mass is 31.2. The molecule has 5 aromatic rings. The summed E-state index contributed by atoms with van der Waals surface area (Å²) in [6.45, 7) is 0.644. The first-order valence-corrected chi connectivity index (χ1v) is 20.8. The Balaban J connectivity index is 0.999. The van der Waals surface area contributed by atoms with E-state index in [4.69, 9.17) is 36.2 Å². The van der Waals surface area contributed by atoms with Crippen molar-refractivity contribution in [1.29, 1.82) is 0 Å². The second kappa shape index (κ2) is 17.3. The molecule has 3 aromatic heterocycles. The fourth-order valence-electron chi connectivity index (χ4n) is 6.69. The van der Waals surface area contributed by atoms with Crippen LogP contribution >= 0.6 is 15.6 Å². The van der Waals surface area contributed by atoms with Gasteiger partial charge in [0.25, 0.3) is 0 Å². The number of aryl methyl sites for hydroxylation is 1. The second-order valence-electron chi connectivity index (χ2n) is 13.4. The summed E-state index contributed by atoms with van der Waals surface area (Å²) in [6, 6.07) is 13.6. The Hall–Kier alpha value is -4.53. The van der Waals surface area contributed by atoms with Crippen LogP contribution in [0.15, 0.2) is 48.8 Å². The molecule has 302 valence electrons. The highest BCUT2D eigenvalue weighted by Gasteiger charge is 2.50. The molecule has 1 aliphatic heterocycles. The van der Waals surface area contributed by atoms with Crippen LogP contribution in [0.3, 0.4) is 0 Å². The molecular formula is C33H45N10O11P2+. The van der Waals surface area contributed by atoms with Crippen LogP contribution in [0, 0.1) is 0 Å². The van der Waals surface area contributed by atoms with E-state index < -0.39 is 46.8 Å². The van der Waals surface area contributed by atoms with E-state index in [0.717, 1.165) is 47.4 Å². The van der Waals surface area contributed by atoms with Gasteiger partial charge >= 0.3 is 15.6 Å². The Kier molecular flexibility index (Phi) is 12.7. The number of aromatic nitrogens is 5. The van der Waals surface area contributed by atoms with Crippen molar-refractivity contribution in [3.8, 4) is 0 Å². The number of rotatable bonds is 18. The lowest BCUT2D eigenvalue weighted by molar-refractivity contribution is -0.645. The summed E-state index contributed by atoms with van der Waals surface area (Å²) in [5.74, 6) is 0.0319. The zero-order valence-electron chi connectivity index (χ0n) is 30.0. The minimum Gasteiger partial charge on any atom is -0.399 e. The summed E-state index contributed by atoms with van der Waals surface area (Å²) in [6.07, 6.45) is -1.47. The molecule has 0 spiro atoms. The first kappa shape index (κ1) is 41.1. The third-order valence-corrected chi connectivity index (χ3v) is 10.2. The average molecular weight is 820 g/mol. The summed E-state index contributed by atoms with van der Waals surface area (Å²) in [5.41, 5.74) is 21.6. The standard InChI is InChI=1S/C33H44N10O11P2/c34-21-9-7-19-14-20-8-10-22(35)16-24(20)42(23(19)15-21)13-5-6-26(44)37-11-3-1-2-4-12-38-33-41-27-30(36)39-18-40-31(27)43(33)32-29(54-56(49,50)51)28(45)25(53-32)17-52-55(46,47)48/h7-10,14-16,18,25,28-29,32,45H,1-6,11-13,17H2,(H11,34,35,36,37,38,39,40,41,44,46,47,48,49,50,51)/p+1/t25-,28-,29-,32-/m1/s1. The Morgan fingerprint density at radius 2 is 1.55 bits per heavy atom. The number of phosphoric acid groups is 2. The number of pyridine rings is 1. The topological polar surface area (TPSA) is 330 Å². The molecule has 56 heavy (non-hydrogen) atoms. The van der Waals surface area contributed by atoms with Crippen molar-refractivity contribution in [1.82, 2.24) is 24.8 Å². The second-order valence-corrected chi connectivity index (χ2v) is 15.8. The van der Waals surface area contributed by atoms with E-state index in [-0.39, 0.29) is 28.8 Å². The number of hydrogen-bond donors (Lipinski definition) is 10. The number of anilines is 4. The summed E-state index contributed by atoms with van der Waals surface area (Å²) in [4.78, 5) is 62.7. The molecule has 0 unspecified atom stereocenters. The number of imidazole rings is 1. The molecule has 4 atom stereocenters. The molecule has 0 bridgehead atoms. The van der Waals surface area contributed by atoms with Crippen LogP contribution in [-0.2, 0) is 34.3 Å². The number of nitrogen functional groups attached to an aromatic ring is 3. The number of carbonyl (C=O) groups excluding carboxylic acids is 1. The van der Waals surface area contributed by atoms with E-state index in [9.17, 15) is 28.8 Å². The molecule has 1 fully saturated rings. The number of nitrogens with zero attached hydrogens (tertiary/aromatic N) is 5. The Morgan fingerprint density at radius 1 is 0.893 bits per heavy atom. The van der Waals surface area contributed by atoms with Crippen LogP contribution in [0.4, 0.5) is 23.1 Å². The Labute approximate surface area is 319 Å². The number of nitrogens with one attached hydrogen (secondary N) is 2. The first-order valence-electron chi connectivity index (χ1n) is 17.8. The van der Waals surface area contributed by atoms with E-state index in [0.29, 0.717) is 50.3 Å². The number of benzene rings is 2. The molecule has 2 aromatic carbocycles. The predicted molar refractivity (Wildman–Crippen MR) is 204 cm³/mol. The Morgan fingerprint density at radius 3 is 2.20 bits per heavy atom. The van der Waals surface area contributed by atoms with Crippen molar-refractivity contribution in [2.75, 3.05) is 42.2 Å². The summed E-state index contributed by atoms with van der Waals surface area (Å²) < 4.78 is 41.7. The van der Waals surface area contributed by atoms with Crippen LogP contribution in [0.1, 0.15) is 44.8 Å². The van der Waals surface area contributed by atoms with Gasteiger partial charge in [-0.1, -0.05) is 12.8 Å².